The van der Waals surface area contributed by atoms with Gasteiger partial charge in [0.05, 0.1) is 31.6 Å². The van der Waals surface area contributed by atoms with Crippen molar-refractivity contribution in [2.45, 2.75) is 18.1 Å². The molecule has 2 amide bonds. The first-order chi connectivity index (χ1) is 14.6. The first-order valence-corrected chi connectivity index (χ1v) is 10.2. The first kappa shape index (κ1) is 18.9. The largest absolute Gasteiger partial charge is 0.497 e. The highest BCUT2D eigenvalue weighted by molar-refractivity contribution is 5.99. The van der Waals surface area contributed by atoms with Crippen molar-refractivity contribution in [3.8, 4) is 5.75 Å². The number of likely N-dealkylation sites (tertiary alicyclic amines) is 1. The molecule has 3 aliphatic rings. The molecule has 2 aromatic rings. The van der Waals surface area contributed by atoms with Crippen LogP contribution in [0.2, 0.25) is 0 Å². The average Bonchev–Trinajstić information content (AvgIpc) is 3.41. The van der Waals surface area contributed by atoms with Crippen molar-refractivity contribution in [2.75, 3.05) is 25.5 Å². The maximum atomic E-state index is 13.3. The van der Waals surface area contributed by atoms with Gasteiger partial charge in [0.25, 0.3) is 0 Å². The number of nitrogens with zero attached hydrogens (tertiary/aromatic N) is 1. The van der Waals surface area contributed by atoms with Crippen molar-refractivity contribution in [3.05, 3.63) is 72.3 Å². The van der Waals surface area contributed by atoms with Crippen LogP contribution in [0, 0.1) is 11.8 Å². The SMILES string of the molecule is COc1ccc(NC(=O)C2[C@H]3C=C[C@@]4(CN(CCc5ccccc5)C(=O)[C@@H]24)O3)cc1. The molecule has 1 unspecified atom stereocenters. The summed E-state index contributed by atoms with van der Waals surface area (Å²) in [6.45, 7) is 1.12. The van der Waals surface area contributed by atoms with Crippen LogP contribution in [0.25, 0.3) is 0 Å². The predicted molar refractivity (Wildman–Crippen MR) is 112 cm³/mol. The fraction of sp³-hybridized carbons (Fsp3) is 0.333. The molecule has 2 bridgehead atoms. The number of carbonyl (C=O) groups is 2. The van der Waals surface area contributed by atoms with Crippen molar-refractivity contribution < 1.29 is 19.1 Å². The Morgan fingerprint density at radius 1 is 1.20 bits per heavy atom. The van der Waals surface area contributed by atoms with Crippen molar-refractivity contribution in [1.82, 2.24) is 4.90 Å². The number of rotatable bonds is 6. The fourth-order valence-electron chi connectivity index (χ4n) is 4.88. The first-order valence-electron chi connectivity index (χ1n) is 10.2. The summed E-state index contributed by atoms with van der Waals surface area (Å²) < 4.78 is 11.3. The van der Waals surface area contributed by atoms with Crippen LogP contribution >= 0.6 is 0 Å². The molecule has 3 heterocycles. The summed E-state index contributed by atoms with van der Waals surface area (Å²) in [5, 5.41) is 2.94. The van der Waals surface area contributed by atoms with Gasteiger partial charge in [0, 0.05) is 12.2 Å². The lowest BCUT2D eigenvalue weighted by atomic mass is 9.77. The Kier molecular flexibility index (Phi) is 4.59. The van der Waals surface area contributed by atoms with Crippen molar-refractivity contribution >= 4 is 17.5 Å². The van der Waals surface area contributed by atoms with Gasteiger partial charge >= 0.3 is 0 Å². The van der Waals surface area contributed by atoms with Crippen LogP contribution in [-0.4, -0.2) is 48.6 Å². The Morgan fingerprint density at radius 3 is 2.70 bits per heavy atom. The molecule has 1 spiro atoms. The molecule has 3 aliphatic heterocycles. The number of carbonyl (C=O) groups excluding carboxylic acids is 2. The summed E-state index contributed by atoms with van der Waals surface area (Å²) in [5.74, 6) is -0.446. The van der Waals surface area contributed by atoms with E-state index in [0.717, 1.165) is 12.2 Å². The zero-order valence-corrected chi connectivity index (χ0v) is 16.8. The summed E-state index contributed by atoms with van der Waals surface area (Å²) in [6, 6.07) is 17.3. The number of ether oxygens (including phenoxy) is 2. The molecule has 2 saturated heterocycles. The topological polar surface area (TPSA) is 67.9 Å². The number of anilines is 1. The molecular weight excluding hydrogens is 380 g/mol. The van der Waals surface area contributed by atoms with E-state index in [-0.39, 0.29) is 17.9 Å². The zero-order chi connectivity index (χ0) is 20.7. The summed E-state index contributed by atoms with van der Waals surface area (Å²) >= 11 is 0. The highest BCUT2D eigenvalue weighted by Crippen LogP contribution is 2.52. The van der Waals surface area contributed by atoms with Crippen LogP contribution in [0.15, 0.2) is 66.7 Å². The van der Waals surface area contributed by atoms with Crippen molar-refractivity contribution in [2.24, 2.45) is 11.8 Å². The molecule has 6 nitrogen and oxygen atoms in total. The maximum absolute atomic E-state index is 13.3. The molecule has 154 valence electrons. The molecule has 5 rings (SSSR count). The number of amides is 2. The third kappa shape index (κ3) is 3.08. The second-order valence-corrected chi connectivity index (χ2v) is 8.11. The number of fused-ring (bicyclic) bond motifs is 1. The van der Waals surface area contributed by atoms with E-state index in [2.05, 4.69) is 17.4 Å². The average molecular weight is 404 g/mol. The number of methoxy groups -OCH3 is 1. The minimum absolute atomic E-state index is 0.00709. The molecule has 0 saturated carbocycles. The maximum Gasteiger partial charge on any atom is 0.231 e. The highest BCUT2D eigenvalue weighted by atomic mass is 16.5. The van der Waals surface area contributed by atoms with Crippen LogP contribution in [0.1, 0.15) is 5.56 Å². The Morgan fingerprint density at radius 2 is 1.97 bits per heavy atom. The quantitative estimate of drug-likeness (QED) is 0.752. The van der Waals surface area contributed by atoms with Gasteiger partial charge in [-0.15, -0.1) is 0 Å². The van der Waals surface area contributed by atoms with E-state index >= 15 is 0 Å². The van der Waals surface area contributed by atoms with E-state index in [1.165, 1.54) is 5.56 Å². The van der Waals surface area contributed by atoms with Gasteiger partial charge in [0.2, 0.25) is 11.8 Å². The number of benzene rings is 2. The Hall–Kier alpha value is -3.12. The van der Waals surface area contributed by atoms with E-state index in [1.807, 2.05) is 35.3 Å². The van der Waals surface area contributed by atoms with Gasteiger partial charge < -0.3 is 19.7 Å². The van der Waals surface area contributed by atoms with Gasteiger partial charge in [-0.2, -0.15) is 0 Å². The second-order valence-electron chi connectivity index (χ2n) is 8.11. The number of hydrogen-bond acceptors (Lipinski definition) is 4. The van der Waals surface area contributed by atoms with Crippen LogP contribution < -0.4 is 10.1 Å². The van der Waals surface area contributed by atoms with Crippen LogP contribution in [0.3, 0.4) is 0 Å². The van der Waals surface area contributed by atoms with Gasteiger partial charge in [0.15, 0.2) is 0 Å². The molecule has 4 atom stereocenters. The molecule has 0 aromatic heterocycles. The van der Waals surface area contributed by atoms with Gasteiger partial charge in [-0.25, -0.2) is 0 Å². The lowest BCUT2D eigenvalue weighted by Crippen LogP contribution is -2.41. The number of hydrogen-bond donors (Lipinski definition) is 1. The molecule has 0 aliphatic carbocycles. The van der Waals surface area contributed by atoms with Gasteiger partial charge in [0.1, 0.15) is 11.4 Å². The van der Waals surface area contributed by atoms with Crippen LogP contribution in [-0.2, 0) is 20.7 Å². The van der Waals surface area contributed by atoms with E-state index in [1.54, 1.807) is 31.4 Å². The Labute approximate surface area is 175 Å². The smallest absolute Gasteiger partial charge is 0.231 e. The lowest BCUT2D eigenvalue weighted by molar-refractivity contribution is -0.135. The summed E-state index contributed by atoms with van der Waals surface area (Å²) in [5.41, 5.74) is 1.18. The van der Waals surface area contributed by atoms with Crippen molar-refractivity contribution in [1.29, 1.82) is 0 Å². The molecule has 2 aromatic carbocycles. The van der Waals surface area contributed by atoms with Gasteiger partial charge in [-0.3, -0.25) is 9.59 Å². The van der Waals surface area contributed by atoms with E-state index in [9.17, 15) is 9.59 Å². The fourth-order valence-corrected chi connectivity index (χ4v) is 4.88. The lowest BCUT2D eigenvalue weighted by Gasteiger charge is -2.23. The minimum Gasteiger partial charge on any atom is -0.497 e. The highest BCUT2D eigenvalue weighted by Gasteiger charge is 2.66. The number of nitrogens with one attached hydrogen (secondary N) is 1. The molecule has 1 N–H and O–H groups in total. The van der Waals surface area contributed by atoms with Gasteiger partial charge in [-0.1, -0.05) is 42.5 Å². The standard InChI is InChI=1S/C24H24N2O4/c1-29-18-9-7-17(8-10-18)25-22(27)20-19-11-13-24(30-19)15-26(23(28)21(20)24)14-12-16-5-3-2-4-6-16/h2-11,13,19-21H,12,14-15H2,1H3,(H,25,27)/t19-,20?,21-,24+/m1/s1. The summed E-state index contributed by atoms with van der Waals surface area (Å²) in [4.78, 5) is 28.2. The van der Waals surface area contributed by atoms with Gasteiger partial charge in [-0.05, 0) is 36.2 Å². The van der Waals surface area contributed by atoms with E-state index in [0.29, 0.717) is 18.8 Å². The van der Waals surface area contributed by atoms with E-state index in [4.69, 9.17) is 9.47 Å². The molecule has 6 heteroatoms. The molecule has 30 heavy (non-hydrogen) atoms. The van der Waals surface area contributed by atoms with E-state index < -0.39 is 17.4 Å². The normalized spacial score (nSPS) is 28.6. The third-order valence-electron chi connectivity index (χ3n) is 6.35. The Balaban J connectivity index is 1.31. The summed E-state index contributed by atoms with van der Waals surface area (Å²) in [7, 11) is 1.60. The van der Waals surface area contributed by atoms with Crippen LogP contribution in [0.4, 0.5) is 5.69 Å². The third-order valence-corrected chi connectivity index (χ3v) is 6.35. The summed E-state index contributed by atoms with van der Waals surface area (Å²) in [6.07, 6.45) is 4.35. The zero-order valence-electron chi connectivity index (χ0n) is 16.8. The molecule has 0 radical (unpaired) electrons. The molecule has 2 fully saturated rings. The second kappa shape index (κ2) is 7.29. The van der Waals surface area contributed by atoms with Crippen molar-refractivity contribution in [3.63, 3.8) is 0 Å². The molecular formula is C24H24N2O4. The Bertz CT molecular complexity index is 988. The predicted octanol–water partition coefficient (Wildman–Crippen LogP) is 2.66. The van der Waals surface area contributed by atoms with Crippen LogP contribution in [0.5, 0.6) is 5.75 Å². The monoisotopic (exact) mass is 404 g/mol. The minimum atomic E-state index is -0.680.